The van der Waals surface area contributed by atoms with Gasteiger partial charge in [0.05, 0.1) is 0 Å². The van der Waals surface area contributed by atoms with Gasteiger partial charge in [0.15, 0.2) is 0 Å². The second kappa shape index (κ2) is 6.99. The van der Waals surface area contributed by atoms with Crippen LogP contribution in [0.25, 0.3) is 5.32 Å². The number of hydrogen-bond donors (Lipinski definition) is 0. The van der Waals surface area contributed by atoms with Crippen LogP contribution >= 0.6 is 0 Å². The number of carbonyl (C=O) groups excluding carboxylic acids is 1. The number of nitrogens with zero attached hydrogens (tertiary/aromatic N) is 3. The minimum absolute atomic E-state index is 0. The molecule has 0 aliphatic carbocycles. The molecule has 1 radical (unpaired) electrons. The van der Waals surface area contributed by atoms with Gasteiger partial charge in [-0.1, -0.05) is 12.6 Å². The number of rotatable bonds is 5. The molecule has 1 saturated heterocycles. The van der Waals surface area contributed by atoms with Gasteiger partial charge in [-0.05, 0) is 25.6 Å². The zero-order valence-electron chi connectivity index (χ0n) is 11.2. The predicted octanol–water partition coefficient (Wildman–Crippen LogP) is 1.58. The Labute approximate surface area is 127 Å². The summed E-state index contributed by atoms with van der Waals surface area (Å²) in [6.45, 7) is 4.32. The van der Waals surface area contributed by atoms with Gasteiger partial charge in [0.2, 0.25) is 5.88 Å². The van der Waals surface area contributed by atoms with Crippen LogP contribution in [0.15, 0.2) is 18.3 Å². The third-order valence-electron chi connectivity index (χ3n) is 3.16. The molecule has 0 N–H and O–H groups in total. The first-order valence-electron chi connectivity index (χ1n) is 6.05. The van der Waals surface area contributed by atoms with E-state index in [2.05, 4.69) is 29.2 Å². The Morgan fingerprint density at radius 2 is 2.42 bits per heavy atom. The van der Waals surface area contributed by atoms with Crippen molar-refractivity contribution in [1.82, 2.24) is 9.88 Å². The maximum absolute atomic E-state index is 10.3. The van der Waals surface area contributed by atoms with Gasteiger partial charge in [0.25, 0.3) is 0 Å². The molecule has 0 aromatic carbocycles. The Hall–Kier alpha value is -0.958. The van der Waals surface area contributed by atoms with Crippen molar-refractivity contribution in [3.8, 4) is 5.88 Å². The molecule has 5 nitrogen and oxygen atoms in total. The fourth-order valence-electron chi connectivity index (χ4n) is 2.25. The second-order valence-corrected chi connectivity index (χ2v) is 4.95. The summed E-state index contributed by atoms with van der Waals surface area (Å²) < 4.78 is 6.03. The van der Waals surface area contributed by atoms with Crippen molar-refractivity contribution in [2.75, 3.05) is 20.1 Å². The van der Waals surface area contributed by atoms with Gasteiger partial charge >= 0.3 is 0 Å². The van der Waals surface area contributed by atoms with E-state index < -0.39 is 0 Å². The number of carbonyl (C=O) groups is 1. The summed E-state index contributed by atoms with van der Waals surface area (Å²) in [6, 6.07) is 3.71. The summed E-state index contributed by atoms with van der Waals surface area (Å²) in [7, 11) is 2.08. The Kier molecular flexibility index (Phi) is 5.93. The Morgan fingerprint density at radius 1 is 1.63 bits per heavy atom. The van der Waals surface area contributed by atoms with E-state index in [0.29, 0.717) is 18.8 Å². The summed E-state index contributed by atoms with van der Waals surface area (Å²) in [6.07, 6.45) is 3.23. The van der Waals surface area contributed by atoms with Gasteiger partial charge in [-0.15, -0.1) is 0 Å². The Bertz CT molecular complexity index is 430. The minimum atomic E-state index is -0.209. The molecule has 1 unspecified atom stereocenters. The van der Waals surface area contributed by atoms with Crippen LogP contribution in [-0.4, -0.2) is 42.0 Å². The van der Waals surface area contributed by atoms with E-state index >= 15 is 0 Å². The van der Waals surface area contributed by atoms with Crippen molar-refractivity contribution < 1.29 is 30.0 Å². The maximum atomic E-state index is 10.3. The molecule has 0 bridgehead atoms. The fraction of sp³-hybridized carbons (Fsp3) is 0.538. The number of aromatic nitrogens is 1. The van der Waals surface area contributed by atoms with E-state index in [-0.39, 0.29) is 26.0 Å². The van der Waals surface area contributed by atoms with Crippen LogP contribution in [0.4, 0.5) is 0 Å². The number of amides is 1. The van der Waals surface area contributed by atoms with Crippen LogP contribution < -0.4 is 4.74 Å². The van der Waals surface area contributed by atoms with Crippen molar-refractivity contribution in [2.24, 2.45) is 0 Å². The van der Waals surface area contributed by atoms with E-state index in [1.54, 1.807) is 6.20 Å². The molecule has 1 fully saturated rings. The van der Waals surface area contributed by atoms with Crippen molar-refractivity contribution in [3.63, 3.8) is 0 Å². The van der Waals surface area contributed by atoms with Crippen LogP contribution in [0.1, 0.15) is 18.9 Å². The van der Waals surface area contributed by atoms with Crippen molar-refractivity contribution in [1.29, 1.82) is 0 Å². The largest absolute Gasteiger partial charge is 0.652 e. The molecule has 19 heavy (non-hydrogen) atoms. The predicted molar refractivity (Wildman–Crippen MR) is 68.5 cm³/mol. The molecule has 1 aromatic heterocycles. The number of hydrogen-bond acceptors (Lipinski definition) is 4. The van der Waals surface area contributed by atoms with E-state index in [1.165, 1.54) is 0 Å². The zero-order valence-corrected chi connectivity index (χ0v) is 13.9. The average molecular weight is 435 g/mol. The minimum Gasteiger partial charge on any atom is -0.652 e. The monoisotopic (exact) mass is 435 g/mol. The molecular formula is C13H18N3O2Re-. The Morgan fingerprint density at radius 3 is 3.05 bits per heavy atom. The molecule has 6 heteroatoms. The fourth-order valence-corrected chi connectivity index (χ4v) is 2.25. The summed E-state index contributed by atoms with van der Waals surface area (Å²) in [5, 5.41) is 3.70. The third kappa shape index (κ3) is 4.27. The van der Waals surface area contributed by atoms with E-state index in [4.69, 9.17) is 4.74 Å². The third-order valence-corrected chi connectivity index (χ3v) is 3.16. The number of likely N-dealkylation sites (tertiary alicyclic amines) is 1. The topological polar surface area (TPSA) is 56.5 Å². The number of likely N-dealkylation sites (N-methyl/N-ethyl adjacent to an activating group) is 1. The van der Waals surface area contributed by atoms with Gasteiger partial charge in [-0.3, -0.25) is 0 Å². The molecule has 1 aliphatic rings. The van der Waals surface area contributed by atoms with E-state index in [9.17, 15) is 4.79 Å². The van der Waals surface area contributed by atoms with E-state index in [1.807, 2.05) is 12.1 Å². The molecule has 0 saturated carbocycles. The molecule has 2 rings (SSSR count). The van der Waals surface area contributed by atoms with Gasteiger partial charge in [-0.2, -0.15) is 0 Å². The Balaban J connectivity index is 0.00000180. The molecule has 0 spiro atoms. The SMILES string of the molecule is CN1CCC(C)(Oc2ncccc2C[N-]C=O)C1.[Re]. The molecule has 2 heterocycles. The van der Waals surface area contributed by atoms with Gasteiger partial charge in [0, 0.05) is 52.5 Å². The van der Waals surface area contributed by atoms with Crippen molar-refractivity contribution in [2.45, 2.75) is 25.5 Å². The van der Waals surface area contributed by atoms with Crippen LogP contribution in [0.5, 0.6) is 5.88 Å². The van der Waals surface area contributed by atoms with Crippen molar-refractivity contribution in [3.05, 3.63) is 29.2 Å². The quantitative estimate of drug-likeness (QED) is 0.661. The summed E-state index contributed by atoms with van der Waals surface area (Å²) >= 11 is 0. The molecular weight excluding hydrogens is 416 g/mol. The summed E-state index contributed by atoms with van der Waals surface area (Å²) in [5.41, 5.74) is 0.638. The number of pyridine rings is 1. The van der Waals surface area contributed by atoms with Crippen molar-refractivity contribution >= 4 is 6.41 Å². The van der Waals surface area contributed by atoms with Crippen LogP contribution in [-0.2, 0) is 31.8 Å². The molecule has 1 atom stereocenters. The smallest absolute Gasteiger partial charge is 0.215 e. The molecule has 105 valence electrons. The normalized spacial score (nSPS) is 22.6. The molecule has 1 aliphatic heterocycles. The number of ether oxygens (including phenoxy) is 1. The second-order valence-electron chi connectivity index (χ2n) is 4.95. The maximum Gasteiger partial charge on any atom is 0.215 e. The van der Waals surface area contributed by atoms with Gasteiger partial charge in [-0.25, -0.2) is 4.98 Å². The first-order valence-corrected chi connectivity index (χ1v) is 6.05. The molecule has 1 aromatic rings. The van der Waals surface area contributed by atoms with Gasteiger partial charge < -0.3 is 19.7 Å². The van der Waals surface area contributed by atoms with Gasteiger partial charge in [0.1, 0.15) is 5.60 Å². The standard InChI is InChI=1S/C13H19N3O2.Re/c1-13(5-7-16(2)9-13)18-12-11(8-14-10-17)4-3-6-15-12;/h3-4,6,10H,5,7-9H2,1-2H3,(H,14,17);/p-1. The molecule has 1 amide bonds. The van der Waals surface area contributed by atoms with Crippen LogP contribution in [0.3, 0.4) is 0 Å². The van der Waals surface area contributed by atoms with Crippen LogP contribution in [0, 0.1) is 0 Å². The van der Waals surface area contributed by atoms with Crippen LogP contribution in [0.2, 0.25) is 0 Å². The first kappa shape index (κ1) is 16.1. The first-order chi connectivity index (χ1) is 8.63. The van der Waals surface area contributed by atoms with E-state index in [0.717, 1.165) is 25.1 Å². The summed E-state index contributed by atoms with van der Waals surface area (Å²) in [5.74, 6) is 0.584. The zero-order chi connectivity index (χ0) is 13.0. The summed E-state index contributed by atoms with van der Waals surface area (Å²) in [4.78, 5) is 16.8. The average Bonchev–Trinajstić information content (AvgIpc) is 2.68.